The molecule has 0 saturated carbocycles. The third-order valence-corrected chi connectivity index (χ3v) is 4.69. The molecule has 0 radical (unpaired) electrons. The van der Waals surface area contributed by atoms with Gasteiger partial charge in [0.1, 0.15) is 5.82 Å². The summed E-state index contributed by atoms with van der Waals surface area (Å²) in [5.41, 5.74) is 7.93. The normalized spacial score (nSPS) is 17.3. The second-order valence-corrected chi connectivity index (χ2v) is 7.00. The van der Waals surface area contributed by atoms with Gasteiger partial charge in [0.05, 0.1) is 12.2 Å². The van der Waals surface area contributed by atoms with Crippen molar-refractivity contribution in [1.29, 1.82) is 0 Å². The molecule has 1 saturated heterocycles. The maximum absolute atomic E-state index is 12.6. The molecule has 2 heterocycles. The fourth-order valence-electron chi connectivity index (χ4n) is 3.04. The van der Waals surface area contributed by atoms with Crippen LogP contribution in [0, 0.1) is 6.92 Å². The first-order chi connectivity index (χ1) is 12.0. The largest absolute Gasteiger partial charge is 0.328 e. The molecule has 1 unspecified atom stereocenters. The Labute approximate surface area is 165 Å². The van der Waals surface area contributed by atoms with Crippen LogP contribution in [0.2, 0.25) is 5.02 Å². The second kappa shape index (κ2) is 9.26. The lowest BCUT2D eigenvalue weighted by molar-refractivity contribution is 0.213. The summed E-state index contributed by atoms with van der Waals surface area (Å²) in [5, 5.41) is 8.19. The molecule has 2 amide bonds. The van der Waals surface area contributed by atoms with Crippen LogP contribution >= 0.6 is 24.0 Å². The smallest absolute Gasteiger partial charge is 0.323 e. The molecule has 1 aromatic carbocycles. The van der Waals surface area contributed by atoms with E-state index < -0.39 is 0 Å². The lowest BCUT2D eigenvalue weighted by Crippen LogP contribution is -2.36. The number of nitrogens with one attached hydrogen (secondary N) is 1. The number of hydrogen-bond acceptors (Lipinski definition) is 3. The zero-order valence-corrected chi connectivity index (χ0v) is 16.4. The van der Waals surface area contributed by atoms with Crippen LogP contribution in [0.1, 0.15) is 30.5 Å². The number of rotatable bonds is 3. The molecule has 2 aromatic rings. The van der Waals surface area contributed by atoms with Crippen LogP contribution in [0.3, 0.4) is 0 Å². The van der Waals surface area contributed by atoms with Gasteiger partial charge in [0.15, 0.2) is 0 Å². The molecule has 8 heteroatoms. The predicted molar refractivity (Wildman–Crippen MR) is 107 cm³/mol. The average Bonchev–Trinajstić information content (AvgIpc) is 2.78. The van der Waals surface area contributed by atoms with Gasteiger partial charge in [-0.2, -0.15) is 5.10 Å². The molecule has 0 aliphatic carbocycles. The van der Waals surface area contributed by atoms with Crippen molar-refractivity contribution < 1.29 is 4.79 Å². The van der Waals surface area contributed by atoms with Crippen LogP contribution in [0.5, 0.6) is 0 Å². The monoisotopic (exact) mass is 397 g/mol. The first-order valence-electron chi connectivity index (χ1n) is 8.61. The lowest BCUT2D eigenvalue weighted by Gasteiger charge is -2.21. The predicted octanol–water partition coefficient (Wildman–Crippen LogP) is 3.66. The number of carbonyl (C=O) groups excluding carboxylic acids is 1. The Balaban J connectivity index is 0.00000243. The van der Waals surface area contributed by atoms with Gasteiger partial charge >= 0.3 is 6.03 Å². The van der Waals surface area contributed by atoms with E-state index in [1.165, 1.54) is 0 Å². The van der Waals surface area contributed by atoms with E-state index in [1.54, 1.807) is 4.68 Å². The van der Waals surface area contributed by atoms with E-state index in [0.29, 0.717) is 23.9 Å². The lowest BCUT2D eigenvalue weighted by atomic mass is 10.1. The summed E-state index contributed by atoms with van der Waals surface area (Å²) in [4.78, 5) is 14.4. The van der Waals surface area contributed by atoms with Gasteiger partial charge in [-0.1, -0.05) is 23.7 Å². The Bertz CT molecular complexity index is 732. The molecule has 142 valence electrons. The van der Waals surface area contributed by atoms with E-state index >= 15 is 0 Å². The highest BCUT2D eigenvalue weighted by Crippen LogP contribution is 2.17. The molecule has 6 nitrogen and oxygen atoms in total. The summed E-state index contributed by atoms with van der Waals surface area (Å²) in [5.74, 6) is 0.700. The van der Waals surface area contributed by atoms with Gasteiger partial charge in [0.2, 0.25) is 0 Å². The van der Waals surface area contributed by atoms with Crippen molar-refractivity contribution in [2.45, 2.75) is 38.8 Å². The van der Waals surface area contributed by atoms with Crippen LogP contribution in [-0.2, 0) is 6.54 Å². The van der Waals surface area contributed by atoms with Crippen molar-refractivity contribution in [2.24, 2.45) is 5.73 Å². The van der Waals surface area contributed by atoms with Crippen molar-refractivity contribution in [3.63, 3.8) is 0 Å². The summed E-state index contributed by atoms with van der Waals surface area (Å²) in [6, 6.07) is 9.61. The number of halogens is 2. The maximum Gasteiger partial charge on any atom is 0.323 e. The number of urea groups is 1. The number of likely N-dealkylation sites (tertiary alicyclic amines) is 1. The van der Waals surface area contributed by atoms with E-state index in [0.717, 1.165) is 37.1 Å². The van der Waals surface area contributed by atoms with Gasteiger partial charge in [0, 0.05) is 30.2 Å². The zero-order chi connectivity index (χ0) is 17.8. The van der Waals surface area contributed by atoms with Crippen molar-refractivity contribution in [1.82, 2.24) is 14.7 Å². The number of anilines is 1. The number of benzene rings is 1. The number of amides is 2. The summed E-state index contributed by atoms with van der Waals surface area (Å²) in [7, 11) is 0. The van der Waals surface area contributed by atoms with Crippen molar-refractivity contribution in [3.05, 3.63) is 46.6 Å². The highest BCUT2D eigenvalue weighted by atomic mass is 35.5. The number of nitrogens with two attached hydrogens (primary N) is 1. The van der Waals surface area contributed by atoms with E-state index in [1.807, 2.05) is 42.2 Å². The van der Waals surface area contributed by atoms with Crippen LogP contribution in [-0.4, -0.2) is 39.8 Å². The van der Waals surface area contributed by atoms with Gasteiger partial charge in [-0.25, -0.2) is 9.48 Å². The third kappa shape index (κ3) is 5.37. The van der Waals surface area contributed by atoms with E-state index in [2.05, 4.69) is 10.4 Å². The van der Waals surface area contributed by atoms with Crippen molar-refractivity contribution >= 4 is 35.9 Å². The Morgan fingerprint density at radius 3 is 2.77 bits per heavy atom. The fourth-order valence-corrected chi connectivity index (χ4v) is 3.17. The van der Waals surface area contributed by atoms with Gasteiger partial charge in [-0.15, -0.1) is 12.4 Å². The highest BCUT2D eigenvalue weighted by molar-refractivity contribution is 6.30. The second-order valence-electron chi connectivity index (χ2n) is 6.56. The Morgan fingerprint density at radius 1 is 1.31 bits per heavy atom. The number of aryl methyl sites for hydroxylation is 1. The zero-order valence-electron chi connectivity index (χ0n) is 14.8. The third-order valence-electron chi connectivity index (χ3n) is 4.44. The molecule has 3 rings (SSSR count). The summed E-state index contributed by atoms with van der Waals surface area (Å²) in [6.45, 7) is 3.92. The van der Waals surface area contributed by atoms with Gasteiger partial charge in [0.25, 0.3) is 0 Å². The maximum atomic E-state index is 12.6. The Morgan fingerprint density at radius 2 is 2.04 bits per heavy atom. The van der Waals surface area contributed by atoms with Gasteiger partial charge in [-0.3, -0.25) is 5.32 Å². The highest BCUT2D eigenvalue weighted by Gasteiger charge is 2.20. The van der Waals surface area contributed by atoms with Crippen LogP contribution in [0.4, 0.5) is 10.6 Å². The molecule has 1 atom stereocenters. The molecule has 1 aromatic heterocycles. The summed E-state index contributed by atoms with van der Waals surface area (Å²) in [6.07, 6.45) is 2.76. The quantitative estimate of drug-likeness (QED) is 0.829. The number of hydrogen-bond donors (Lipinski definition) is 2. The molecule has 0 bridgehead atoms. The standard InChI is InChI=1S/C18H24ClN5O.ClH/c1-13-11-17(21-18(25)23-9-2-3-16(20)8-10-23)24(22-13)12-14-4-6-15(19)7-5-14;/h4-7,11,16H,2-3,8-10,12,20H2,1H3,(H,21,25);1H. The van der Waals surface area contributed by atoms with Gasteiger partial charge in [-0.05, 0) is 43.9 Å². The molecule has 3 N–H and O–H groups in total. The molecule has 0 spiro atoms. The SMILES string of the molecule is Cc1cc(NC(=O)N2CCCC(N)CC2)n(Cc2ccc(Cl)cc2)n1.Cl. The topological polar surface area (TPSA) is 76.2 Å². The molecule has 1 aliphatic heterocycles. The minimum atomic E-state index is -0.0913. The first kappa shape index (κ1) is 20.6. The van der Waals surface area contributed by atoms with Crippen LogP contribution < -0.4 is 11.1 Å². The van der Waals surface area contributed by atoms with E-state index in [4.69, 9.17) is 17.3 Å². The Kier molecular flexibility index (Phi) is 7.32. The van der Waals surface area contributed by atoms with Crippen molar-refractivity contribution in [2.75, 3.05) is 18.4 Å². The number of carbonyl (C=O) groups is 1. The van der Waals surface area contributed by atoms with E-state index in [-0.39, 0.29) is 24.5 Å². The van der Waals surface area contributed by atoms with Gasteiger partial charge < -0.3 is 10.6 Å². The molecular formula is C18H25Cl2N5O. The Hall–Kier alpha value is -1.76. The number of nitrogens with zero attached hydrogens (tertiary/aromatic N) is 3. The van der Waals surface area contributed by atoms with E-state index in [9.17, 15) is 4.79 Å². The first-order valence-corrected chi connectivity index (χ1v) is 8.99. The molecule has 1 fully saturated rings. The molecular weight excluding hydrogens is 373 g/mol. The fraction of sp³-hybridized carbons (Fsp3) is 0.444. The average molecular weight is 398 g/mol. The summed E-state index contributed by atoms with van der Waals surface area (Å²) < 4.78 is 1.81. The minimum Gasteiger partial charge on any atom is -0.328 e. The minimum absolute atomic E-state index is 0. The molecule has 1 aliphatic rings. The number of aromatic nitrogens is 2. The van der Waals surface area contributed by atoms with Crippen LogP contribution in [0.25, 0.3) is 0 Å². The van der Waals surface area contributed by atoms with Crippen molar-refractivity contribution in [3.8, 4) is 0 Å². The molecule has 26 heavy (non-hydrogen) atoms. The van der Waals surface area contributed by atoms with Crippen LogP contribution in [0.15, 0.2) is 30.3 Å². The summed E-state index contributed by atoms with van der Waals surface area (Å²) >= 11 is 5.93.